The molecule has 4 rings (SSSR count). The summed E-state index contributed by atoms with van der Waals surface area (Å²) in [5.41, 5.74) is 0.171. The van der Waals surface area contributed by atoms with E-state index in [1.165, 1.54) is 26.4 Å². The van der Waals surface area contributed by atoms with Gasteiger partial charge in [0.15, 0.2) is 5.75 Å². The summed E-state index contributed by atoms with van der Waals surface area (Å²) in [7, 11) is -1.91. The van der Waals surface area contributed by atoms with E-state index in [4.69, 9.17) is 25.8 Å². The molecule has 1 aliphatic rings. The van der Waals surface area contributed by atoms with Crippen molar-refractivity contribution in [2.24, 2.45) is 0 Å². The van der Waals surface area contributed by atoms with Crippen LogP contribution < -0.4 is 14.2 Å². The van der Waals surface area contributed by atoms with Crippen molar-refractivity contribution >= 4 is 33.3 Å². The van der Waals surface area contributed by atoms with Gasteiger partial charge in [0.25, 0.3) is 10.0 Å². The van der Waals surface area contributed by atoms with E-state index in [1.54, 1.807) is 12.1 Å². The van der Waals surface area contributed by atoms with E-state index in [0.717, 1.165) is 12.1 Å². The molecule has 1 N–H and O–H groups in total. The Bertz CT molecular complexity index is 1410. The summed E-state index contributed by atoms with van der Waals surface area (Å²) in [6.45, 7) is -0.0994. The van der Waals surface area contributed by atoms with Gasteiger partial charge in [0.2, 0.25) is 0 Å². The van der Waals surface area contributed by atoms with Gasteiger partial charge in [0, 0.05) is 18.1 Å². The third-order valence-corrected chi connectivity index (χ3v) is 6.90. The molecule has 0 radical (unpaired) electrons. The van der Waals surface area contributed by atoms with Crippen molar-refractivity contribution in [1.82, 2.24) is 0 Å². The zero-order valence-electron chi connectivity index (χ0n) is 17.9. The van der Waals surface area contributed by atoms with Crippen LogP contribution in [0.2, 0.25) is 5.02 Å². The van der Waals surface area contributed by atoms with E-state index >= 15 is 0 Å². The topological polar surface area (TPSA) is 90.9 Å². The number of nitrogens with one attached hydrogen (secondary N) is 1. The maximum absolute atomic E-state index is 14.9. The largest absolute Gasteiger partial charge is 0.497 e. The molecule has 7 nitrogen and oxygen atoms in total. The first-order valence-corrected chi connectivity index (χ1v) is 11.7. The smallest absolute Gasteiger partial charge is 0.338 e. The predicted octanol–water partition coefficient (Wildman–Crippen LogP) is 4.82. The molecule has 0 saturated heterocycles. The van der Waals surface area contributed by atoms with E-state index in [0.29, 0.717) is 22.9 Å². The van der Waals surface area contributed by atoms with Crippen LogP contribution >= 0.6 is 11.6 Å². The van der Waals surface area contributed by atoms with Crippen molar-refractivity contribution in [2.75, 3.05) is 25.5 Å². The number of halogens is 3. The molecule has 0 saturated carbocycles. The number of esters is 1. The van der Waals surface area contributed by atoms with Gasteiger partial charge in [-0.3, -0.25) is 4.72 Å². The lowest BCUT2D eigenvalue weighted by Gasteiger charge is -2.18. The highest BCUT2D eigenvalue weighted by molar-refractivity contribution is 7.92. The fraction of sp³-hybridized carbons (Fsp3) is 0.174. The standard InChI is InChI=1S/C23H18ClF2NO6S/c1-31-14-4-3-12-5-6-33-23(28)13-7-17(24)22(32-2)21(8-13)34(29,30)27-20-10-16(15(12)9-14)18(25)11-19(20)26/h3-4,7-11,27H,5-6H2,1-2H3. The quantitative estimate of drug-likeness (QED) is 0.498. The molecular formula is C23H18ClF2NO6S. The van der Waals surface area contributed by atoms with Crippen molar-refractivity contribution in [2.45, 2.75) is 11.3 Å². The first-order valence-electron chi connectivity index (χ1n) is 9.88. The Balaban J connectivity index is 1.98. The lowest BCUT2D eigenvalue weighted by atomic mass is 9.96. The van der Waals surface area contributed by atoms with Crippen LogP contribution in [0, 0.1) is 11.6 Å². The predicted molar refractivity (Wildman–Crippen MR) is 121 cm³/mol. The summed E-state index contributed by atoms with van der Waals surface area (Å²) in [5.74, 6) is -2.74. The fourth-order valence-electron chi connectivity index (χ4n) is 3.61. The minimum absolute atomic E-state index is 0.0739. The third kappa shape index (κ3) is 4.38. The number of hydrogen-bond donors (Lipinski definition) is 1. The normalized spacial score (nSPS) is 14.8. The van der Waals surface area contributed by atoms with Gasteiger partial charge in [0.05, 0.1) is 37.1 Å². The summed E-state index contributed by atoms with van der Waals surface area (Å²) < 4.78 is 73.6. The molecule has 34 heavy (non-hydrogen) atoms. The first kappa shape index (κ1) is 23.8. The van der Waals surface area contributed by atoms with Crippen molar-refractivity contribution in [3.63, 3.8) is 0 Å². The van der Waals surface area contributed by atoms with Crippen molar-refractivity contribution in [3.8, 4) is 22.6 Å². The Kier molecular flexibility index (Phi) is 6.37. The Morgan fingerprint density at radius 1 is 1.00 bits per heavy atom. The molecule has 1 aliphatic heterocycles. The van der Waals surface area contributed by atoms with Crippen molar-refractivity contribution < 1.29 is 36.2 Å². The maximum Gasteiger partial charge on any atom is 0.338 e. The highest BCUT2D eigenvalue weighted by atomic mass is 35.5. The average Bonchev–Trinajstić information content (AvgIpc) is 2.79. The van der Waals surface area contributed by atoms with Gasteiger partial charge < -0.3 is 14.2 Å². The minimum atomic E-state index is -4.54. The summed E-state index contributed by atoms with van der Waals surface area (Å²) in [6.07, 6.45) is 0.194. The Hall–Kier alpha value is -3.37. The Morgan fingerprint density at radius 3 is 2.47 bits per heavy atom. The number of hydrogen-bond acceptors (Lipinski definition) is 6. The molecular weight excluding hydrogens is 492 g/mol. The van der Waals surface area contributed by atoms with Crippen LogP contribution in [-0.2, 0) is 21.2 Å². The molecule has 178 valence electrons. The van der Waals surface area contributed by atoms with E-state index in [-0.39, 0.29) is 34.9 Å². The second-order valence-corrected chi connectivity index (χ2v) is 9.37. The van der Waals surface area contributed by atoms with E-state index < -0.39 is 38.2 Å². The molecule has 1 heterocycles. The van der Waals surface area contributed by atoms with Crippen LogP contribution in [0.3, 0.4) is 0 Å². The van der Waals surface area contributed by atoms with E-state index in [1.807, 2.05) is 0 Å². The molecule has 4 bridgehead atoms. The second kappa shape index (κ2) is 9.11. The fourth-order valence-corrected chi connectivity index (χ4v) is 5.23. The van der Waals surface area contributed by atoms with Gasteiger partial charge in [-0.05, 0) is 41.5 Å². The summed E-state index contributed by atoms with van der Waals surface area (Å²) in [6, 6.07) is 8.70. The van der Waals surface area contributed by atoms with Crippen LogP contribution in [0.1, 0.15) is 15.9 Å². The van der Waals surface area contributed by atoms with Crippen molar-refractivity contribution in [3.05, 3.63) is 70.2 Å². The zero-order chi connectivity index (χ0) is 24.6. The zero-order valence-corrected chi connectivity index (χ0v) is 19.5. The third-order valence-electron chi connectivity index (χ3n) is 5.25. The maximum atomic E-state index is 14.9. The number of anilines is 1. The van der Waals surface area contributed by atoms with Crippen LogP contribution in [-0.4, -0.2) is 35.2 Å². The lowest BCUT2D eigenvalue weighted by molar-refractivity contribution is 0.0509. The molecule has 11 heteroatoms. The number of ether oxygens (including phenoxy) is 3. The minimum Gasteiger partial charge on any atom is -0.497 e. The number of cyclic esters (lactones) is 1. The van der Waals surface area contributed by atoms with Gasteiger partial charge in [-0.1, -0.05) is 17.7 Å². The summed E-state index contributed by atoms with van der Waals surface area (Å²) >= 11 is 6.15. The first-order chi connectivity index (χ1) is 16.1. The van der Waals surface area contributed by atoms with Crippen molar-refractivity contribution in [1.29, 1.82) is 0 Å². The molecule has 0 fully saturated rings. The van der Waals surface area contributed by atoms with E-state index in [2.05, 4.69) is 4.72 Å². The molecule has 0 atom stereocenters. The number of carbonyl (C=O) groups excluding carboxylic acids is 1. The van der Waals surface area contributed by atoms with Gasteiger partial charge >= 0.3 is 5.97 Å². The number of carbonyl (C=O) groups is 1. The van der Waals surface area contributed by atoms with Crippen LogP contribution in [0.25, 0.3) is 11.1 Å². The number of sulfonamides is 1. The van der Waals surface area contributed by atoms with Gasteiger partial charge in [-0.15, -0.1) is 0 Å². The molecule has 0 amide bonds. The van der Waals surface area contributed by atoms with Crippen LogP contribution in [0.4, 0.5) is 14.5 Å². The number of methoxy groups -OCH3 is 2. The molecule has 0 aliphatic carbocycles. The number of fused-ring (bicyclic) bond motifs is 6. The lowest BCUT2D eigenvalue weighted by Crippen LogP contribution is -2.17. The molecule has 3 aromatic carbocycles. The van der Waals surface area contributed by atoms with Crippen LogP contribution in [0.5, 0.6) is 11.5 Å². The van der Waals surface area contributed by atoms with Gasteiger partial charge in [-0.2, -0.15) is 0 Å². The SMILES string of the molecule is COc1ccc2c(c1)-c1cc(c(F)cc1F)NS(=O)(=O)c1cc(cc(Cl)c1OC)C(=O)OCC2. The Morgan fingerprint density at radius 2 is 1.76 bits per heavy atom. The molecule has 0 unspecified atom stereocenters. The molecule has 0 spiro atoms. The van der Waals surface area contributed by atoms with E-state index in [9.17, 15) is 22.0 Å². The summed E-state index contributed by atoms with van der Waals surface area (Å²) in [4.78, 5) is 12.1. The van der Waals surface area contributed by atoms with Crippen LogP contribution in [0.15, 0.2) is 47.4 Å². The Labute approximate surface area is 199 Å². The second-order valence-electron chi connectivity index (χ2n) is 7.32. The van der Waals surface area contributed by atoms with Gasteiger partial charge in [-0.25, -0.2) is 22.0 Å². The number of benzene rings is 3. The highest BCUT2D eigenvalue weighted by Gasteiger charge is 2.27. The molecule has 3 aromatic rings. The monoisotopic (exact) mass is 509 g/mol. The highest BCUT2D eigenvalue weighted by Crippen LogP contribution is 2.37. The van der Waals surface area contributed by atoms with Gasteiger partial charge in [0.1, 0.15) is 22.3 Å². The summed E-state index contributed by atoms with van der Waals surface area (Å²) in [5, 5.41) is -0.165. The molecule has 0 aromatic heterocycles. The average molecular weight is 510 g/mol. The number of rotatable bonds is 2.